The van der Waals surface area contributed by atoms with Crippen LogP contribution >= 0.6 is 0 Å². The SMILES string of the molecule is C=C(c1cncc(C2C=NC34C=CC(CC5CCC(C)CC5)=C[C@H]3C24)n1)C(C)C1=CCC(C)C=C1C. The fourth-order valence-electron chi connectivity index (χ4n) is 7.42. The van der Waals surface area contributed by atoms with Gasteiger partial charge in [0.25, 0.3) is 0 Å². The number of hydrogen-bond acceptors (Lipinski definition) is 3. The van der Waals surface area contributed by atoms with Gasteiger partial charge in [0.2, 0.25) is 0 Å². The van der Waals surface area contributed by atoms with Gasteiger partial charge in [-0.05, 0) is 61.5 Å². The highest BCUT2D eigenvalue weighted by Crippen LogP contribution is 2.66. The second-order valence-corrected chi connectivity index (χ2v) is 12.4. The van der Waals surface area contributed by atoms with Crippen molar-refractivity contribution < 1.29 is 0 Å². The summed E-state index contributed by atoms with van der Waals surface area (Å²) in [7, 11) is 0. The quantitative estimate of drug-likeness (QED) is 0.416. The molecule has 1 aliphatic heterocycles. The molecule has 0 N–H and O–H groups in total. The van der Waals surface area contributed by atoms with Gasteiger partial charge >= 0.3 is 0 Å². The number of aromatic nitrogens is 2. The van der Waals surface area contributed by atoms with Crippen LogP contribution in [0.15, 0.2) is 71.1 Å². The second kappa shape index (κ2) is 9.08. The molecule has 0 aromatic carbocycles. The van der Waals surface area contributed by atoms with Gasteiger partial charge in [-0.2, -0.15) is 0 Å². The van der Waals surface area contributed by atoms with Gasteiger partial charge in [0.15, 0.2) is 0 Å². The molecule has 1 aromatic heterocycles. The summed E-state index contributed by atoms with van der Waals surface area (Å²) in [6, 6.07) is 0. The van der Waals surface area contributed by atoms with Crippen LogP contribution in [0.2, 0.25) is 0 Å². The van der Waals surface area contributed by atoms with E-state index in [9.17, 15) is 0 Å². The number of aliphatic imine (C=N–C) groups is 1. The minimum Gasteiger partial charge on any atom is -0.285 e. The van der Waals surface area contributed by atoms with Gasteiger partial charge in [-0.1, -0.05) is 81.7 Å². The van der Waals surface area contributed by atoms with E-state index in [1.165, 1.54) is 48.8 Å². The predicted molar refractivity (Wildman–Crippen MR) is 150 cm³/mol. The first-order valence-electron chi connectivity index (χ1n) is 14.2. The number of hydrogen-bond donors (Lipinski definition) is 0. The Bertz CT molecular complexity index is 1210. The van der Waals surface area contributed by atoms with Crippen LogP contribution in [0, 0.1) is 35.5 Å². The van der Waals surface area contributed by atoms with E-state index in [2.05, 4.69) is 75.9 Å². The minimum atomic E-state index is -0.0251. The van der Waals surface area contributed by atoms with E-state index in [0.29, 0.717) is 17.8 Å². The highest BCUT2D eigenvalue weighted by atomic mass is 15.0. The third kappa shape index (κ3) is 4.09. The molecule has 0 amide bonds. The topological polar surface area (TPSA) is 38.1 Å². The van der Waals surface area contributed by atoms with Crippen molar-refractivity contribution in [3.63, 3.8) is 0 Å². The molecule has 188 valence electrons. The Morgan fingerprint density at radius 3 is 2.72 bits per heavy atom. The largest absolute Gasteiger partial charge is 0.285 e. The van der Waals surface area contributed by atoms with Crippen molar-refractivity contribution in [1.82, 2.24) is 9.97 Å². The van der Waals surface area contributed by atoms with Crippen LogP contribution in [0.3, 0.4) is 0 Å². The van der Waals surface area contributed by atoms with Crippen LogP contribution in [-0.4, -0.2) is 21.7 Å². The van der Waals surface area contributed by atoms with E-state index in [1.807, 2.05) is 12.4 Å². The van der Waals surface area contributed by atoms with Crippen molar-refractivity contribution in [3.05, 3.63) is 77.5 Å². The Morgan fingerprint density at radius 1 is 1.14 bits per heavy atom. The average molecular weight is 480 g/mol. The van der Waals surface area contributed by atoms with E-state index in [0.717, 1.165) is 35.2 Å². The van der Waals surface area contributed by atoms with Crippen LogP contribution in [0.1, 0.15) is 83.5 Å². The highest BCUT2D eigenvalue weighted by Gasteiger charge is 2.68. The summed E-state index contributed by atoms with van der Waals surface area (Å²) < 4.78 is 0. The molecule has 3 nitrogen and oxygen atoms in total. The zero-order valence-electron chi connectivity index (χ0n) is 22.5. The van der Waals surface area contributed by atoms with Crippen LogP contribution in [0.4, 0.5) is 0 Å². The third-order valence-corrected chi connectivity index (χ3v) is 9.82. The molecule has 0 radical (unpaired) electrons. The lowest BCUT2D eigenvalue weighted by atomic mass is 9.79. The Balaban J connectivity index is 1.16. The lowest BCUT2D eigenvalue weighted by molar-refractivity contribution is 0.289. The summed E-state index contributed by atoms with van der Waals surface area (Å²) in [5.74, 6) is 3.87. The molecule has 6 atom stereocenters. The Morgan fingerprint density at radius 2 is 1.94 bits per heavy atom. The van der Waals surface area contributed by atoms with Crippen molar-refractivity contribution in [3.8, 4) is 0 Å². The molecule has 1 spiro atoms. The summed E-state index contributed by atoms with van der Waals surface area (Å²) in [6.45, 7) is 13.6. The summed E-state index contributed by atoms with van der Waals surface area (Å²) in [5.41, 5.74) is 7.29. The van der Waals surface area contributed by atoms with Crippen molar-refractivity contribution in [1.29, 1.82) is 0 Å². The maximum atomic E-state index is 5.12. The Hall–Kier alpha value is -2.55. The van der Waals surface area contributed by atoms with Crippen molar-refractivity contribution in [2.45, 2.75) is 77.7 Å². The monoisotopic (exact) mass is 479 g/mol. The fourth-order valence-corrected chi connectivity index (χ4v) is 7.42. The molecule has 0 saturated heterocycles. The molecular formula is C33H41N3. The van der Waals surface area contributed by atoms with Gasteiger partial charge in [0.05, 0.1) is 23.1 Å². The summed E-state index contributed by atoms with van der Waals surface area (Å²) in [4.78, 5) is 14.8. The van der Waals surface area contributed by atoms with Gasteiger partial charge < -0.3 is 0 Å². The van der Waals surface area contributed by atoms with Gasteiger partial charge in [-0.25, -0.2) is 4.98 Å². The molecule has 2 fully saturated rings. The van der Waals surface area contributed by atoms with Crippen LogP contribution in [-0.2, 0) is 0 Å². The van der Waals surface area contributed by atoms with Crippen LogP contribution in [0.5, 0.6) is 0 Å². The molecule has 2 saturated carbocycles. The van der Waals surface area contributed by atoms with Crippen molar-refractivity contribution >= 4 is 11.8 Å². The van der Waals surface area contributed by atoms with E-state index >= 15 is 0 Å². The lowest BCUT2D eigenvalue weighted by Gasteiger charge is -2.27. The van der Waals surface area contributed by atoms with E-state index in [4.69, 9.17) is 9.98 Å². The number of fused-ring (bicyclic) bond motifs is 1. The first kappa shape index (κ1) is 23.8. The zero-order valence-corrected chi connectivity index (χ0v) is 22.5. The second-order valence-electron chi connectivity index (χ2n) is 12.4. The number of nitrogens with zero attached hydrogens (tertiary/aromatic N) is 3. The summed E-state index contributed by atoms with van der Waals surface area (Å²) >= 11 is 0. The Kier molecular flexibility index (Phi) is 6.01. The van der Waals surface area contributed by atoms with E-state index in [-0.39, 0.29) is 17.4 Å². The molecule has 1 aromatic rings. The molecule has 5 aliphatic rings. The first-order chi connectivity index (χ1) is 17.4. The predicted octanol–water partition coefficient (Wildman–Crippen LogP) is 7.90. The maximum absolute atomic E-state index is 5.12. The first-order valence-corrected chi connectivity index (χ1v) is 14.2. The summed E-state index contributed by atoms with van der Waals surface area (Å²) in [5, 5.41) is 0. The number of allylic oxidation sites excluding steroid dienone is 7. The molecule has 2 heterocycles. The van der Waals surface area contributed by atoms with Crippen molar-refractivity contribution in [2.75, 3.05) is 0 Å². The molecule has 4 aliphatic carbocycles. The molecule has 36 heavy (non-hydrogen) atoms. The highest BCUT2D eigenvalue weighted by molar-refractivity contribution is 5.77. The van der Waals surface area contributed by atoms with Gasteiger partial charge in [-0.15, -0.1) is 0 Å². The third-order valence-electron chi connectivity index (χ3n) is 9.82. The van der Waals surface area contributed by atoms with E-state index < -0.39 is 0 Å². The molecular weight excluding hydrogens is 438 g/mol. The van der Waals surface area contributed by atoms with Gasteiger partial charge in [-0.3, -0.25) is 9.98 Å². The molecule has 6 rings (SSSR count). The standard InChI is InChI=1S/C33H41N3/c1-20-6-9-25(10-7-20)15-26-12-13-33-29(16-26)32(33)28(17-35-33)31-19-34-18-30(36-31)24(5)23(4)27-11-8-21(2)14-22(27)3/h11-14,16-21,23,25,28-29,32H,5-10,15H2,1-4H3/t20?,21?,23?,25?,28?,29-,32?,33?/m0/s1. The summed E-state index contributed by atoms with van der Waals surface area (Å²) in [6.07, 6.45) is 26.0. The maximum Gasteiger partial charge on any atom is 0.0898 e. The normalized spacial score (nSPS) is 37.4. The van der Waals surface area contributed by atoms with Gasteiger partial charge in [0.1, 0.15) is 0 Å². The number of rotatable bonds is 6. The van der Waals surface area contributed by atoms with Crippen LogP contribution < -0.4 is 0 Å². The lowest BCUT2D eigenvalue weighted by Crippen LogP contribution is -2.14. The minimum absolute atomic E-state index is 0.0251. The smallest absolute Gasteiger partial charge is 0.0898 e. The van der Waals surface area contributed by atoms with Gasteiger partial charge in [0, 0.05) is 36.1 Å². The average Bonchev–Trinajstić information content (AvgIpc) is 3.35. The van der Waals surface area contributed by atoms with Crippen LogP contribution in [0.25, 0.3) is 5.57 Å². The van der Waals surface area contributed by atoms with Crippen molar-refractivity contribution in [2.24, 2.45) is 40.5 Å². The molecule has 3 heteroatoms. The zero-order chi connectivity index (χ0) is 25.0. The Labute approximate surface area is 217 Å². The molecule has 0 bridgehead atoms. The molecule has 5 unspecified atom stereocenters. The fraction of sp³-hybridized carbons (Fsp3) is 0.545. The van der Waals surface area contributed by atoms with E-state index in [1.54, 1.807) is 0 Å².